The van der Waals surface area contributed by atoms with Crippen LogP contribution in [0.4, 0.5) is 0 Å². The number of aromatic nitrogens is 6. The highest BCUT2D eigenvalue weighted by Gasteiger charge is 2.20. The van der Waals surface area contributed by atoms with Gasteiger partial charge >= 0.3 is 0 Å². The molecule has 34 heavy (non-hydrogen) atoms. The molecule has 0 saturated heterocycles. The summed E-state index contributed by atoms with van der Waals surface area (Å²) in [5.74, 6) is 0. The van der Waals surface area contributed by atoms with Crippen molar-refractivity contribution in [3.63, 3.8) is 0 Å². The molecule has 168 valence electrons. The maximum Gasteiger partial charge on any atom is 0.265 e. The predicted molar refractivity (Wildman–Crippen MR) is 133 cm³/mol. The van der Waals surface area contributed by atoms with Crippen LogP contribution in [0.3, 0.4) is 0 Å². The molecule has 0 atom stereocenters. The summed E-state index contributed by atoms with van der Waals surface area (Å²) in [6.45, 7) is 0.599. The molecule has 0 amide bonds. The lowest BCUT2D eigenvalue weighted by Crippen LogP contribution is -2.21. The number of para-hydroxylation sites is 2. The highest BCUT2D eigenvalue weighted by atomic mass is 16.1. The van der Waals surface area contributed by atoms with Crippen LogP contribution in [-0.4, -0.2) is 35.4 Å². The van der Waals surface area contributed by atoms with Gasteiger partial charge in [0.2, 0.25) is 0 Å². The van der Waals surface area contributed by atoms with Crippen LogP contribution in [-0.2, 0) is 6.54 Å². The Morgan fingerprint density at radius 1 is 1.00 bits per heavy atom. The molecule has 1 aromatic carbocycles. The van der Waals surface area contributed by atoms with Crippen LogP contribution in [0.25, 0.3) is 33.2 Å². The number of nitrogens with zero attached hydrogens (tertiary/aromatic N) is 7. The second-order valence-corrected chi connectivity index (χ2v) is 8.52. The van der Waals surface area contributed by atoms with Crippen molar-refractivity contribution >= 4 is 39.4 Å². The minimum atomic E-state index is -0.117. The molecule has 0 saturated carbocycles. The first kappa shape index (κ1) is 20.4. The number of fused-ring (bicyclic) bond motifs is 4. The van der Waals surface area contributed by atoms with Gasteiger partial charge in [0, 0.05) is 18.9 Å². The van der Waals surface area contributed by atoms with Crippen LogP contribution < -0.4 is 5.56 Å². The molecular formula is C26H23N7O. The van der Waals surface area contributed by atoms with Crippen LogP contribution in [0.2, 0.25) is 0 Å². The predicted octanol–water partition coefficient (Wildman–Crippen LogP) is 4.46. The minimum Gasteiger partial charge on any atom is -0.298 e. The van der Waals surface area contributed by atoms with E-state index in [0.29, 0.717) is 28.7 Å². The average Bonchev–Trinajstić information content (AvgIpc) is 3.20. The van der Waals surface area contributed by atoms with Gasteiger partial charge in [-0.1, -0.05) is 23.8 Å². The van der Waals surface area contributed by atoms with Crippen molar-refractivity contribution in [2.24, 2.45) is 5.10 Å². The molecule has 8 nitrogen and oxygen atoms in total. The van der Waals surface area contributed by atoms with Crippen LogP contribution in [0.15, 0.2) is 76.7 Å². The number of hydrogen-bond donors (Lipinski definition) is 0. The number of aryl methyl sites for hydroxylation is 1. The highest BCUT2D eigenvalue weighted by molar-refractivity contribution is 6.04. The molecule has 4 aromatic heterocycles. The molecule has 6 rings (SSSR count). The lowest BCUT2D eigenvalue weighted by atomic mass is 9.97. The Bertz CT molecular complexity index is 1630. The Kier molecular flexibility index (Phi) is 5.18. The van der Waals surface area contributed by atoms with Crippen molar-refractivity contribution in [1.82, 2.24) is 29.2 Å². The quantitative estimate of drug-likeness (QED) is 0.292. The first-order chi connectivity index (χ1) is 16.8. The molecule has 0 fully saturated rings. The fourth-order valence-electron chi connectivity index (χ4n) is 4.49. The summed E-state index contributed by atoms with van der Waals surface area (Å²) in [5, 5.41) is 5.08. The first-order valence-electron chi connectivity index (χ1n) is 11.6. The standard InChI is InChI=1S/C26H23N7O/c34-26-22-23-25(31-21-9-5-4-8-20(21)30-23)33(29-16-19-10-13-27-14-11-19)24(22)28-17-32(26)15-12-18-6-2-1-3-7-18/h4-6,8-11,13-14,16-17H,1-3,7,12,15H2/b29-16-. The largest absolute Gasteiger partial charge is 0.298 e. The molecule has 0 spiro atoms. The lowest BCUT2D eigenvalue weighted by Gasteiger charge is -2.13. The topological polar surface area (TPSA) is 90.8 Å². The Labute approximate surface area is 195 Å². The molecule has 1 aliphatic carbocycles. The van der Waals surface area contributed by atoms with Gasteiger partial charge < -0.3 is 0 Å². The van der Waals surface area contributed by atoms with Gasteiger partial charge in [-0.05, 0) is 61.9 Å². The molecule has 0 N–H and O–H groups in total. The van der Waals surface area contributed by atoms with Gasteiger partial charge in [0.25, 0.3) is 5.56 Å². The molecular weight excluding hydrogens is 426 g/mol. The second-order valence-electron chi connectivity index (χ2n) is 8.52. The maximum atomic E-state index is 13.6. The number of pyridine rings is 1. The molecule has 5 aromatic rings. The molecule has 0 bridgehead atoms. The van der Waals surface area contributed by atoms with Crippen LogP contribution in [0.1, 0.15) is 37.7 Å². The van der Waals surface area contributed by atoms with Crippen LogP contribution in [0, 0.1) is 0 Å². The zero-order valence-electron chi connectivity index (χ0n) is 18.6. The van der Waals surface area contributed by atoms with E-state index in [1.54, 1.807) is 34.2 Å². The van der Waals surface area contributed by atoms with Gasteiger partial charge in [-0.25, -0.2) is 15.0 Å². The average molecular weight is 450 g/mol. The monoisotopic (exact) mass is 449 g/mol. The molecule has 1 aliphatic rings. The number of allylic oxidation sites excluding steroid dienone is 2. The van der Waals surface area contributed by atoms with E-state index >= 15 is 0 Å². The van der Waals surface area contributed by atoms with E-state index in [0.717, 1.165) is 35.9 Å². The Hall–Kier alpha value is -4.20. The number of benzene rings is 1. The zero-order chi connectivity index (χ0) is 22.9. The number of hydrogen-bond acceptors (Lipinski definition) is 6. The Morgan fingerprint density at radius 3 is 2.62 bits per heavy atom. The third-order valence-electron chi connectivity index (χ3n) is 6.30. The van der Waals surface area contributed by atoms with E-state index in [2.05, 4.69) is 21.1 Å². The van der Waals surface area contributed by atoms with Gasteiger partial charge in [0.15, 0.2) is 11.3 Å². The maximum absolute atomic E-state index is 13.6. The van der Waals surface area contributed by atoms with E-state index in [-0.39, 0.29) is 5.56 Å². The summed E-state index contributed by atoms with van der Waals surface area (Å²) < 4.78 is 3.30. The number of rotatable bonds is 5. The minimum absolute atomic E-state index is 0.117. The Morgan fingerprint density at radius 2 is 1.82 bits per heavy atom. The van der Waals surface area contributed by atoms with Gasteiger partial charge in [0.1, 0.15) is 10.9 Å². The van der Waals surface area contributed by atoms with Crippen molar-refractivity contribution in [1.29, 1.82) is 0 Å². The van der Waals surface area contributed by atoms with Crippen molar-refractivity contribution < 1.29 is 0 Å². The van der Waals surface area contributed by atoms with Crippen molar-refractivity contribution in [3.05, 3.63) is 82.7 Å². The third-order valence-corrected chi connectivity index (χ3v) is 6.30. The molecule has 0 radical (unpaired) electrons. The van der Waals surface area contributed by atoms with E-state index in [1.165, 1.54) is 18.4 Å². The van der Waals surface area contributed by atoms with E-state index < -0.39 is 0 Å². The molecule has 4 heterocycles. The zero-order valence-corrected chi connectivity index (χ0v) is 18.6. The summed E-state index contributed by atoms with van der Waals surface area (Å²) >= 11 is 0. The third kappa shape index (κ3) is 3.67. The lowest BCUT2D eigenvalue weighted by molar-refractivity contribution is 0.610. The van der Waals surface area contributed by atoms with E-state index in [9.17, 15) is 4.79 Å². The van der Waals surface area contributed by atoms with Crippen LogP contribution >= 0.6 is 0 Å². The summed E-state index contributed by atoms with van der Waals surface area (Å²) in [6.07, 6.45) is 14.6. The second kappa shape index (κ2) is 8.62. The van der Waals surface area contributed by atoms with E-state index in [4.69, 9.17) is 9.97 Å². The van der Waals surface area contributed by atoms with Crippen molar-refractivity contribution in [3.8, 4) is 0 Å². The van der Waals surface area contributed by atoms with Crippen molar-refractivity contribution in [2.45, 2.75) is 38.6 Å². The van der Waals surface area contributed by atoms with E-state index in [1.807, 2.05) is 36.4 Å². The summed E-state index contributed by atoms with van der Waals surface area (Å²) in [6, 6.07) is 11.4. The van der Waals surface area contributed by atoms with Gasteiger partial charge in [0.05, 0.1) is 23.6 Å². The summed E-state index contributed by atoms with van der Waals surface area (Å²) in [5.41, 5.74) is 5.14. The van der Waals surface area contributed by atoms with Gasteiger partial charge in [-0.3, -0.25) is 14.3 Å². The fourth-order valence-corrected chi connectivity index (χ4v) is 4.49. The summed E-state index contributed by atoms with van der Waals surface area (Å²) in [4.78, 5) is 31.9. The van der Waals surface area contributed by atoms with Crippen molar-refractivity contribution in [2.75, 3.05) is 0 Å². The molecule has 8 heteroatoms. The SMILES string of the molecule is O=c1c2c3nc4ccccc4nc3n(/N=C\c3ccncc3)c2ncn1CCC1=CCCCC1. The molecule has 0 unspecified atom stereocenters. The highest BCUT2D eigenvalue weighted by Crippen LogP contribution is 2.25. The normalized spacial score (nSPS) is 14.4. The Balaban J connectivity index is 1.52. The smallest absolute Gasteiger partial charge is 0.265 e. The molecule has 0 aliphatic heterocycles. The first-order valence-corrected chi connectivity index (χ1v) is 11.6. The fraction of sp³-hybridized carbons (Fsp3) is 0.231. The van der Waals surface area contributed by atoms with Gasteiger partial charge in [-0.2, -0.15) is 9.78 Å². The summed E-state index contributed by atoms with van der Waals surface area (Å²) in [7, 11) is 0. The van der Waals surface area contributed by atoms with Crippen LogP contribution in [0.5, 0.6) is 0 Å². The van der Waals surface area contributed by atoms with Gasteiger partial charge in [-0.15, -0.1) is 0 Å².